The highest BCUT2D eigenvalue weighted by Gasteiger charge is 2.20. The summed E-state index contributed by atoms with van der Waals surface area (Å²) in [4.78, 5) is 4.14. The minimum absolute atomic E-state index is 0.573. The van der Waals surface area contributed by atoms with Gasteiger partial charge in [0.2, 0.25) is 0 Å². The average Bonchev–Trinajstić information content (AvgIpc) is 2.85. The van der Waals surface area contributed by atoms with E-state index in [0.29, 0.717) is 5.92 Å². The molecule has 4 nitrogen and oxygen atoms in total. The average molecular weight is 188 g/mol. The summed E-state index contributed by atoms with van der Waals surface area (Å²) < 4.78 is 0. The zero-order valence-corrected chi connectivity index (χ0v) is 7.83. The van der Waals surface area contributed by atoms with Gasteiger partial charge < -0.3 is 5.32 Å². The van der Waals surface area contributed by atoms with Crippen molar-refractivity contribution < 1.29 is 0 Å². The Kier molecular flexibility index (Phi) is 1.73. The van der Waals surface area contributed by atoms with Crippen LogP contribution in [0, 0.1) is 0 Å². The highest BCUT2D eigenvalue weighted by Crippen LogP contribution is 2.26. The molecule has 3 rings (SSSR count). The summed E-state index contributed by atoms with van der Waals surface area (Å²) in [5.74, 6) is 0.573. The first-order valence-corrected chi connectivity index (χ1v) is 4.94. The van der Waals surface area contributed by atoms with Gasteiger partial charge in [-0.25, -0.2) is 0 Å². The smallest absolute Gasteiger partial charge is 0.0954 e. The molecule has 0 aliphatic carbocycles. The maximum Gasteiger partial charge on any atom is 0.0954 e. The second-order valence-corrected chi connectivity index (χ2v) is 3.72. The maximum atomic E-state index is 4.27. The van der Waals surface area contributed by atoms with Gasteiger partial charge in [0, 0.05) is 35.9 Å². The number of aromatic amines is 1. The Morgan fingerprint density at radius 3 is 3.29 bits per heavy atom. The largest absolute Gasteiger partial charge is 0.316 e. The van der Waals surface area contributed by atoms with Crippen LogP contribution in [0.4, 0.5) is 0 Å². The predicted molar refractivity (Wildman–Crippen MR) is 54.1 cm³/mol. The number of hydrogen-bond acceptors (Lipinski definition) is 3. The molecule has 1 aliphatic rings. The number of nitrogens with zero attached hydrogens (tertiary/aromatic N) is 2. The molecule has 0 amide bonds. The van der Waals surface area contributed by atoms with Crippen molar-refractivity contribution in [1.29, 1.82) is 0 Å². The van der Waals surface area contributed by atoms with Crippen LogP contribution < -0.4 is 5.32 Å². The van der Waals surface area contributed by atoms with Gasteiger partial charge in [-0.2, -0.15) is 5.10 Å². The molecule has 1 atom stereocenters. The Bertz CT molecular complexity index is 442. The molecule has 1 unspecified atom stereocenters. The van der Waals surface area contributed by atoms with E-state index < -0.39 is 0 Å². The highest BCUT2D eigenvalue weighted by atomic mass is 15.1. The van der Waals surface area contributed by atoms with E-state index in [1.165, 1.54) is 17.5 Å². The van der Waals surface area contributed by atoms with E-state index in [0.717, 1.165) is 18.6 Å². The SMILES string of the molecule is c1cc2n[nH]c(C3CCNC3)c2cn1. The zero-order chi connectivity index (χ0) is 9.38. The molecule has 1 aliphatic heterocycles. The van der Waals surface area contributed by atoms with Crippen molar-refractivity contribution in [3.8, 4) is 0 Å². The van der Waals surface area contributed by atoms with Gasteiger partial charge in [-0.05, 0) is 19.0 Å². The quantitative estimate of drug-likeness (QED) is 0.703. The van der Waals surface area contributed by atoms with E-state index in [1.54, 1.807) is 6.20 Å². The van der Waals surface area contributed by atoms with Crippen LogP contribution in [0.25, 0.3) is 10.9 Å². The van der Waals surface area contributed by atoms with Crippen molar-refractivity contribution in [3.63, 3.8) is 0 Å². The lowest BCUT2D eigenvalue weighted by atomic mass is 10.0. The van der Waals surface area contributed by atoms with Gasteiger partial charge in [-0.1, -0.05) is 0 Å². The first kappa shape index (κ1) is 7.94. The van der Waals surface area contributed by atoms with Crippen LogP contribution in [-0.4, -0.2) is 28.3 Å². The fourth-order valence-electron chi connectivity index (χ4n) is 2.09. The normalized spacial score (nSPS) is 21.9. The van der Waals surface area contributed by atoms with Gasteiger partial charge in [0.1, 0.15) is 0 Å². The number of aromatic nitrogens is 3. The van der Waals surface area contributed by atoms with Crippen LogP contribution in [0.1, 0.15) is 18.0 Å². The molecule has 2 N–H and O–H groups in total. The van der Waals surface area contributed by atoms with E-state index >= 15 is 0 Å². The van der Waals surface area contributed by atoms with E-state index in [2.05, 4.69) is 20.5 Å². The zero-order valence-electron chi connectivity index (χ0n) is 7.83. The van der Waals surface area contributed by atoms with Gasteiger partial charge in [-0.3, -0.25) is 10.1 Å². The van der Waals surface area contributed by atoms with E-state index in [-0.39, 0.29) is 0 Å². The minimum Gasteiger partial charge on any atom is -0.316 e. The number of nitrogens with one attached hydrogen (secondary N) is 2. The van der Waals surface area contributed by atoms with Gasteiger partial charge in [0.15, 0.2) is 0 Å². The lowest BCUT2D eigenvalue weighted by molar-refractivity contribution is 0.734. The van der Waals surface area contributed by atoms with Gasteiger partial charge >= 0.3 is 0 Å². The molecule has 0 saturated carbocycles. The third kappa shape index (κ3) is 1.11. The molecule has 0 spiro atoms. The predicted octanol–water partition coefficient (Wildman–Crippen LogP) is 1.03. The van der Waals surface area contributed by atoms with Gasteiger partial charge in [0.05, 0.1) is 5.52 Å². The summed E-state index contributed by atoms with van der Waals surface area (Å²) in [6.45, 7) is 2.15. The van der Waals surface area contributed by atoms with Gasteiger partial charge in [0.25, 0.3) is 0 Å². The number of H-pyrrole nitrogens is 1. The van der Waals surface area contributed by atoms with Crippen LogP contribution in [0.2, 0.25) is 0 Å². The fourth-order valence-corrected chi connectivity index (χ4v) is 2.09. The molecule has 0 bridgehead atoms. The van der Waals surface area contributed by atoms with Crippen LogP contribution in [0.5, 0.6) is 0 Å². The Hall–Kier alpha value is -1.42. The Morgan fingerprint density at radius 2 is 2.43 bits per heavy atom. The summed E-state index contributed by atoms with van der Waals surface area (Å²) >= 11 is 0. The number of pyridine rings is 1. The first-order valence-electron chi connectivity index (χ1n) is 4.94. The molecule has 0 aromatic carbocycles. The van der Waals surface area contributed by atoms with Crippen molar-refractivity contribution in [1.82, 2.24) is 20.5 Å². The second-order valence-electron chi connectivity index (χ2n) is 3.72. The van der Waals surface area contributed by atoms with Crippen molar-refractivity contribution in [3.05, 3.63) is 24.2 Å². The van der Waals surface area contributed by atoms with Crippen molar-refractivity contribution >= 4 is 10.9 Å². The molecular formula is C10H12N4. The molecule has 4 heteroatoms. The molecule has 2 aromatic rings. The number of fused-ring (bicyclic) bond motifs is 1. The summed E-state index contributed by atoms with van der Waals surface area (Å²) in [5.41, 5.74) is 2.25. The topological polar surface area (TPSA) is 53.6 Å². The molecule has 1 saturated heterocycles. The molecule has 14 heavy (non-hydrogen) atoms. The van der Waals surface area contributed by atoms with Crippen LogP contribution in [0.15, 0.2) is 18.5 Å². The van der Waals surface area contributed by atoms with Crippen molar-refractivity contribution in [2.24, 2.45) is 0 Å². The molecule has 72 valence electrons. The Labute approximate surface area is 81.7 Å². The Balaban J connectivity index is 2.11. The van der Waals surface area contributed by atoms with Gasteiger partial charge in [-0.15, -0.1) is 0 Å². The van der Waals surface area contributed by atoms with Crippen LogP contribution >= 0.6 is 0 Å². The lowest BCUT2D eigenvalue weighted by Crippen LogP contribution is -2.08. The van der Waals surface area contributed by atoms with Crippen LogP contribution in [0.3, 0.4) is 0 Å². The van der Waals surface area contributed by atoms with E-state index in [1.807, 2.05) is 12.3 Å². The van der Waals surface area contributed by atoms with E-state index in [4.69, 9.17) is 0 Å². The third-order valence-corrected chi connectivity index (χ3v) is 2.85. The Morgan fingerprint density at radius 1 is 1.43 bits per heavy atom. The molecule has 0 radical (unpaired) electrons. The highest BCUT2D eigenvalue weighted by molar-refractivity contribution is 5.80. The molecule has 3 heterocycles. The summed E-state index contributed by atoms with van der Waals surface area (Å²) in [6.07, 6.45) is 4.86. The maximum absolute atomic E-state index is 4.27. The number of hydrogen-bond donors (Lipinski definition) is 2. The molecule has 1 fully saturated rings. The van der Waals surface area contributed by atoms with Crippen molar-refractivity contribution in [2.75, 3.05) is 13.1 Å². The lowest BCUT2D eigenvalue weighted by Gasteiger charge is -2.04. The second kappa shape index (κ2) is 3.06. The minimum atomic E-state index is 0.573. The fraction of sp³-hybridized carbons (Fsp3) is 0.400. The molecule has 2 aromatic heterocycles. The third-order valence-electron chi connectivity index (χ3n) is 2.85. The summed E-state index contributed by atoms with van der Waals surface area (Å²) in [6, 6.07) is 1.94. The number of rotatable bonds is 1. The molecular weight excluding hydrogens is 176 g/mol. The van der Waals surface area contributed by atoms with Crippen molar-refractivity contribution in [2.45, 2.75) is 12.3 Å². The van der Waals surface area contributed by atoms with Crippen LogP contribution in [-0.2, 0) is 0 Å². The summed E-state index contributed by atoms with van der Waals surface area (Å²) in [7, 11) is 0. The van der Waals surface area contributed by atoms with E-state index in [9.17, 15) is 0 Å². The standard InChI is InChI=1S/C10H12N4/c1-3-11-5-7(1)10-8-6-12-4-2-9(8)13-14-10/h2,4,6-7,11H,1,3,5H2,(H,13,14). The first-order chi connectivity index (χ1) is 6.95. The monoisotopic (exact) mass is 188 g/mol. The summed E-state index contributed by atoms with van der Waals surface area (Å²) in [5, 5.41) is 11.9.